The molecule has 0 saturated carbocycles. The Morgan fingerprint density at radius 2 is 2.12 bits per heavy atom. The molecule has 2 aliphatic rings. The third kappa shape index (κ3) is 4.08. The highest BCUT2D eigenvalue weighted by molar-refractivity contribution is 5.67. The Labute approximate surface area is 143 Å². The lowest BCUT2D eigenvalue weighted by Gasteiger charge is -2.31. The number of fused-ring (bicyclic) bond motifs is 1. The highest BCUT2D eigenvalue weighted by atomic mass is 16.5. The molecule has 0 aliphatic carbocycles. The number of hydrogen-bond acceptors (Lipinski definition) is 4. The minimum atomic E-state index is -0.894. The van der Waals surface area contributed by atoms with Gasteiger partial charge in [-0.05, 0) is 43.5 Å². The molecule has 0 unspecified atom stereocenters. The van der Waals surface area contributed by atoms with Crippen LogP contribution in [0.4, 0.5) is 0 Å². The minimum Gasteiger partial charge on any atom is -0.492 e. The van der Waals surface area contributed by atoms with Crippen molar-refractivity contribution in [3.05, 3.63) is 29.3 Å². The van der Waals surface area contributed by atoms with Crippen LogP contribution in [0.2, 0.25) is 0 Å². The number of ether oxygens (including phenoxy) is 2. The predicted molar refractivity (Wildman–Crippen MR) is 91.4 cm³/mol. The van der Waals surface area contributed by atoms with Crippen molar-refractivity contribution in [3.8, 4) is 5.75 Å². The molecular formula is C19H27NO4. The summed E-state index contributed by atoms with van der Waals surface area (Å²) in [6, 6.07) is 6.62. The topological polar surface area (TPSA) is 59.0 Å². The van der Waals surface area contributed by atoms with Crippen LogP contribution in [0.5, 0.6) is 5.75 Å². The van der Waals surface area contributed by atoms with Crippen LogP contribution in [-0.2, 0) is 21.5 Å². The fraction of sp³-hybridized carbons (Fsp3) is 0.632. The summed E-state index contributed by atoms with van der Waals surface area (Å²) in [5.41, 5.74) is 2.72. The van der Waals surface area contributed by atoms with Gasteiger partial charge in [-0.15, -0.1) is 0 Å². The van der Waals surface area contributed by atoms with E-state index in [1.807, 2.05) is 0 Å². The van der Waals surface area contributed by atoms with Crippen molar-refractivity contribution in [1.29, 1.82) is 0 Å². The van der Waals surface area contributed by atoms with Crippen molar-refractivity contribution >= 4 is 5.97 Å². The fourth-order valence-electron chi connectivity index (χ4n) is 3.56. The van der Waals surface area contributed by atoms with E-state index in [-0.39, 0.29) is 12.0 Å². The highest BCUT2D eigenvalue weighted by Gasteiger charge is 2.31. The standard InChI is InChI=1S/C19H27NO4/c1-19(2)13-24-17-9-15(3-4-16(17)19)10-20-7-5-14(6-8-20)11-23-12-18(21)22/h3-4,9,14H,5-8,10-13H2,1-2H3,(H,21,22). The number of benzene rings is 1. The van der Waals surface area contributed by atoms with Crippen LogP contribution in [0.1, 0.15) is 37.8 Å². The number of nitrogens with zero attached hydrogens (tertiary/aromatic N) is 1. The van der Waals surface area contributed by atoms with Crippen LogP contribution in [-0.4, -0.2) is 48.9 Å². The molecule has 0 atom stereocenters. The Hall–Kier alpha value is -1.59. The number of piperidine rings is 1. The SMILES string of the molecule is CC1(C)COc2cc(CN3CCC(COCC(=O)O)CC3)ccc21. The largest absolute Gasteiger partial charge is 0.492 e. The van der Waals surface area contributed by atoms with Gasteiger partial charge in [0.05, 0.1) is 13.2 Å². The molecule has 3 rings (SSSR count). The molecule has 0 bridgehead atoms. The Balaban J connectivity index is 1.48. The van der Waals surface area contributed by atoms with E-state index in [9.17, 15) is 4.79 Å². The van der Waals surface area contributed by atoms with Crippen molar-refractivity contribution < 1.29 is 19.4 Å². The molecule has 24 heavy (non-hydrogen) atoms. The summed E-state index contributed by atoms with van der Waals surface area (Å²) in [5.74, 6) is 0.619. The lowest BCUT2D eigenvalue weighted by molar-refractivity contribution is -0.142. The normalized spacial score (nSPS) is 20.6. The van der Waals surface area contributed by atoms with Crippen LogP contribution in [0.3, 0.4) is 0 Å². The van der Waals surface area contributed by atoms with Gasteiger partial charge in [0.15, 0.2) is 0 Å². The summed E-state index contributed by atoms with van der Waals surface area (Å²) in [6.45, 7) is 8.57. The van der Waals surface area contributed by atoms with Crippen LogP contribution < -0.4 is 4.74 Å². The highest BCUT2D eigenvalue weighted by Crippen LogP contribution is 2.38. The van der Waals surface area contributed by atoms with Crippen molar-refractivity contribution in [3.63, 3.8) is 0 Å². The first-order chi connectivity index (χ1) is 11.4. The van der Waals surface area contributed by atoms with E-state index in [2.05, 4.69) is 36.9 Å². The van der Waals surface area contributed by atoms with E-state index in [0.717, 1.165) is 44.8 Å². The van der Waals surface area contributed by atoms with Crippen LogP contribution >= 0.6 is 0 Å². The lowest BCUT2D eigenvalue weighted by Crippen LogP contribution is -2.34. The molecule has 0 amide bonds. The van der Waals surface area contributed by atoms with Crippen molar-refractivity contribution in [2.24, 2.45) is 5.92 Å². The molecule has 0 radical (unpaired) electrons. The number of carboxylic acids is 1. The van der Waals surface area contributed by atoms with Gasteiger partial charge in [0.1, 0.15) is 12.4 Å². The maximum absolute atomic E-state index is 10.5. The van der Waals surface area contributed by atoms with E-state index in [1.54, 1.807) is 0 Å². The van der Waals surface area contributed by atoms with Crippen molar-refractivity contribution in [1.82, 2.24) is 4.90 Å². The van der Waals surface area contributed by atoms with Gasteiger partial charge in [0.25, 0.3) is 0 Å². The molecule has 1 aromatic carbocycles. The minimum absolute atomic E-state index is 0.113. The molecule has 132 valence electrons. The van der Waals surface area contributed by atoms with E-state index < -0.39 is 5.97 Å². The van der Waals surface area contributed by atoms with Crippen LogP contribution in [0, 0.1) is 5.92 Å². The summed E-state index contributed by atoms with van der Waals surface area (Å²) < 4.78 is 11.1. The first-order valence-electron chi connectivity index (χ1n) is 8.72. The summed E-state index contributed by atoms with van der Waals surface area (Å²) in [5, 5.41) is 8.60. The molecule has 1 saturated heterocycles. The Bertz CT molecular complexity index is 591. The third-order valence-electron chi connectivity index (χ3n) is 5.06. The Morgan fingerprint density at radius 3 is 2.83 bits per heavy atom. The summed E-state index contributed by atoms with van der Waals surface area (Å²) in [7, 11) is 0. The first-order valence-corrected chi connectivity index (χ1v) is 8.72. The summed E-state index contributed by atoms with van der Waals surface area (Å²) in [6.07, 6.45) is 2.13. The first kappa shape index (κ1) is 17.2. The Kier molecular flexibility index (Phi) is 5.11. The van der Waals surface area contributed by atoms with E-state index >= 15 is 0 Å². The zero-order valence-corrected chi connectivity index (χ0v) is 14.6. The second-order valence-electron chi connectivity index (χ2n) is 7.63. The number of aliphatic carboxylic acids is 1. The zero-order valence-electron chi connectivity index (χ0n) is 14.6. The molecule has 2 aliphatic heterocycles. The summed E-state index contributed by atoms with van der Waals surface area (Å²) >= 11 is 0. The quantitative estimate of drug-likeness (QED) is 0.867. The number of hydrogen-bond donors (Lipinski definition) is 1. The number of carboxylic acid groups (broad SMARTS) is 1. The van der Waals surface area contributed by atoms with E-state index in [0.29, 0.717) is 12.5 Å². The predicted octanol–water partition coefficient (Wildman–Crippen LogP) is 2.67. The van der Waals surface area contributed by atoms with Crippen LogP contribution in [0.15, 0.2) is 18.2 Å². The zero-order chi connectivity index (χ0) is 17.2. The molecule has 5 heteroatoms. The van der Waals surface area contributed by atoms with Crippen molar-refractivity contribution in [2.75, 3.05) is 32.9 Å². The van der Waals surface area contributed by atoms with E-state index in [4.69, 9.17) is 14.6 Å². The average Bonchev–Trinajstić information content (AvgIpc) is 2.84. The molecule has 1 fully saturated rings. The van der Waals surface area contributed by atoms with Gasteiger partial charge in [-0.1, -0.05) is 26.0 Å². The summed E-state index contributed by atoms with van der Waals surface area (Å²) in [4.78, 5) is 12.9. The van der Waals surface area contributed by atoms with Gasteiger partial charge in [-0.3, -0.25) is 4.90 Å². The van der Waals surface area contributed by atoms with E-state index in [1.165, 1.54) is 11.1 Å². The van der Waals surface area contributed by atoms with Crippen LogP contribution in [0.25, 0.3) is 0 Å². The van der Waals surface area contributed by atoms with Gasteiger partial charge in [-0.2, -0.15) is 0 Å². The molecule has 1 N–H and O–H groups in total. The average molecular weight is 333 g/mol. The van der Waals surface area contributed by atoms with Gasteiger partial charge >= 0.3 is 5.97 Å². The molecule has 2 heterocycles. The van der Waals surface area contributed by atoms with Gasteiger partial charge < -0.3 is 14.6 Å². The molecule has 1 aromatic rings. The fourth-order valence-corrected chi connectivity index (χ4v) is 3.56. The number of rotatable bonds is 6. The Morgan fingerprint density at radius 1 is 1.38 bits per heavy atom. The maximum atomic E-state index is 10.5. The van der Waals surface area contributed by atoms with Crippen molar-refractivity contribution in [2.45, 2.75) is 38.6 Å². The molecule has 0 spiro atoms. The second-order valence-corrected chi connectivity index (χ2v) is 7.63. The van der Waals surface area contributed by atoms with Gasteiger partial charge in [-0.25, -0.2) is 4.79 Å². The third-order valence-corrected chi connectivity index (χ3v) is 5.06. The number of carbonyl (C=O) groups is 1. The molecular weight excluding hydrogens is 306 g/mol. The monoisotopic (exact) mass is 333 g/mol. The van der Waals surface area contributed by atoms with Gasteiger partial charge in [0.2, 0.25) is 0 Å². The molecule has 5 nitrogen and oxygen atoms in total. The second kappa shape index (κ2) is 7.11. The molecule has 0 aromatic heterocycles. The van der Waals surface area contributed by atoms with Gasteiger partial charge in [0, 0.05) is 17.5 Å². The smallest absolute Gasteiger partial charge is 0.329 e. The maximum Gasteiger partial charge on any atom is 0.329 e. The lowest BCUT2D eigenvalue weighted by atomic mass is 9.86. The number of likely N-dealkylation sites (tertiary alicyclic amines) is 1.